The molecule has 26 heavy (non-hydrogen) atoms. The summed E-state index contributed by atoms with van der Waals surface area (Å²) in [7, 11) is 1.37. The van der Waals surface area contributed by atoms with E-state index in [0.29, 0.717) is 19.4 Å². The number of amides is 1. The maximum absolute atomic E-state index is 12.4. The van der Waals surface area contributed by atoms with Crippen LogP contribution in [0.4, 0.5) is 0 Å². The van der Waals surface area contributed by atoms with Crippen LogP contribution in [0.3, 0.4) is 0 Å². The number of benzene rings is 1. The number of carbonyl (C=O) groups excluding carboxylic acids is 2. The summed E-state index contributed by atoms with van der Waals surface area (Å²) in [6.45, 7) is 2.81. The highest BCUT2D eigenvalue weighted by atomic mass is 16.5. The van der Waals surface area contributed by atoms with E-state index in [0.717, 1.165) is 30.6 Å². The molecule has 0 radical (unpaired) electrons. The summed E-state index contributed by atoms with van der Waals surface area (Å²) in [4.78, 5) is 24.5. The lowest BCUT2D eigenvalue weighted by atomic mass is 9.85. The first-order chi connectivity index (χ1) is 12.5. The van der Waals surface area contributed by atoms with Crippen LogP contribution in [0.5, 0.6) is 5.75 Å². The Morgan fingerprint density at radius 2 is 2.00 bits per heavy atom. The number of hydrogen-bond donors (Lipinski definition) is 2. The summed E-state index contributed by atoms with van der Waals surface area (Å²) >= 11 is 0. The van der Waals surface area contributed by atoms with Crippen LogP contribution in [0, 0.1) is 11.8 Å². The standard InChI is InChI=1S/C20H30N2O4/c1-3-26-18-9-7-14(8-10-18)11-16(20(24)25-2)13-22-19(23)15-5-4-6-17(21)12-15/h7-10,15-17H,3-6,11-13,21H2,1-2H3,(H,22,23). The predicted octanol–water partition coefficient (Wildman–Crippen LogP) is 2.05. The molecule has 0 saturated heterocycles. The zero-order valence-corrected chi connectivity index (χ0v) is 15.7. The first-order valence-electron chi connectivity index (χ1n) is 9.36. The van der Waals surface area contributed by atoms with Crippen molar-refractivity contribution in [2.45, 2.75) is 45.1 Å². The average molecular weight is 362 g/mol. The third-order valence-corrected chi connectivity index (χ3v) is 4.86. The van der Waals surface area contributed by atoms with Crippen molar-refractivity contribution in [2.24, 2.45) is 17.6 Å². The Morgan fingerprint density at radius 1 is 1.27 bits per heavy atom. The van der Waals surface area contributed by atoms with E-state index in [1.165, 1.54) is 7.11 Å². The molecule has 0 spiro atoms. The Morgan fingerprint density at radius 3 is 2.62 bits per heavy atom. The maximum Gasteiger partial charge on any atom is 0.310 e. The van der Waals surface area contributed by atoms with Gasteiger partial charge in [-0.3, -0.25) is 9.59 Å². The SMILES string of the molecule is CCOc1ccc(CC(CNC(=O)C2CCCC(N)C2)C(=O)OC)cc1. The molecule has 3 unspecified atom stereocenters. The van der Waals surface area contributed by atoms with E-state index in [2.05, 4.69) is 5.32 Å². The van der Waals surface area contributed by atoms with Crippen molar-refractivity contribution in [1.82, 2.24) is 5.32 Å². The Balaban J connectivity index is 1.92. The molecule has 1 fully saturated rings. The van der Waals surface area contributed by atoms with Gasteiger partial charge in [-0.05, 0) is 50.3 Å². The van der Waals surface area contributed by atoms with Gasteiger partial charge in [-0.2, -0.15) is 0 Å². The number of ether oxygens (including phenoxy) is 2. The van der Waals surface area contributed by atoms with E-state index in [1.807, 2.05) is 31.2 Å². The van der Waals surface area contributed by atoms with Crippen LogP contribution >= 0.6 is 0 Å². The van der Waals surface area contributed by atoms with E-state index < -0.39 is 5.92 Å². The van der Waals surface area contributed by atoms with Gasteiger partial charge in [0.25, 0.3) is 0 Å². The predicted molar refractivity (Wildman–Crippen MR) is 99.8 cm³/mol. The summed E-state index contributed by atoms with van der Waals surface area (Å²) < 4.78 is 10.3. The number of hydrogen-bond acceptors (Lipinski definition) is 5. The van der Waals surface area contributed by atoms with E-state index in [4.69, 9.17) is 15.2 Å². The molecule has 6 heteroatoms. The summed E-state index contributed by atoms with van der Waals surface area (Å²) in [6.07, 6.45) is 4.04. The Hall–Kier alpha value is -2.08. The zero-order valence-electron chi connectivity index (χ0n) is 15.7. The van der Waals surface area contributed by atoms with Gasteiger partial charge in [0, 0.05) is 18.5 Å². The molecule has 1 aromatic carbocycles. The Kier molecular flexibility index (Phi) is 7.91. The molecule has 3 N–H and O–H groups in total. The number of nitrogens with two attached hydrogens (primary N) is 1. The maximum atomic E-state index is 12.4. The zero-order chi connectivity index (χ0) is 18.9. The first-order valence-corrected chi connectivity index (χ1v) is 9.36. The van der Waals surface area contributed by atoms with Gasteiger partial charge in [-0.15, -0.1) is 0 Å². The summed E-state index contributed by atoms with van der Waals surface area (Å²) in [5, 5.41) is 2.92. The fourth-order valence-corrected chi connectivity index (χ4v) is 3.41. The quantitative estimate of drug-likeness (QED) is 0.691. The van der Waals surface area contributed by atoms with Crippen molar-refractivity contribution in [3.63, 3.8) is 0 Å². The molecule has 3 atom stereocenters. The van der Waals surface area contributed by atoms with Gasteiger partial charge in [0.15, 0.2) is 0 Å². The second-order valence-electron chi connectivity index (χ2n) is 6.87. The lowest BCUT2D eigenvalue weighted by Crippen LogP contribution is -2.41. The highest BCUT2D eigenvalue weighted by molar-refractivity contribution is 5.80. The number of carbonyl (C=O) groups is 2. The van der Waals surface area contributed by atoms with Gasteiger partial charge in [-0.1, -0.05) is 18.6 Å². The van der Waals surface area contributed by atoms with E-state index >= 15 is 0 Å². The summed E-state index contributed by atoms with van der Waals surface area (Å²) in [5.41, 5.74) is 6.96. The van der Waals surface area contributed by atoms with Crippen LogP contribution in [0.2, 0.25) is 0 Å². The Bertz CT molecular complexity index is 588. The van der Waals surface area contributed by atoms with Crippen LogP contribution < -0.4 is 15.8 Å². The fraction of sp³-hybridized carbons (Fsp3) is 0.600. The van der Waals surface area contributed by atoms with Crippen molar-refractivity contribution in [1.29, 1.82) is 0 Å². The largest absolute Gasteiger partial charge is 0.494 e. The van der Waals surface area contributed by atoms with Gasteiger partial charge in [0.1, 0.15) is 5.75 Å². The van der Waals surface area contributed by atoms with Crippen molar-refractivity contribution < 1.29 is 19.1 Å². The normalized spacial score (nSPS) is 20.9. The highest BCUT2D eigenvalue weighted by Crippen LogP contribution is 2.23. The second kappa shape index (κ2) is 10.2. The van der Waals surface area contributed by atoms with E-state index in [1.54, 1.807) is 0 Å². The lowest BCUT2D eigenvalue weighted by molar-refractivity contribution is -0.145. The molecule has 1 aromatic rings. The van der Waals surface area contributed by atoms with Crippen molar-refractivity contribution in [2.75, 3.05) is 20.3 Å². The van der Waals surface area contributed by atoms with Crippen LogP contribution in [0.1, 0.15) is 38.2 Å². The third kappa shape index (κ3) is 6.02. The molecule has 0 aliphatic heterocycles. The topological polar surface area (TPSA) is 90.6 Å². The molecule has 2 rings (SSSR count). The fourth-order valence-electron chi connectivity index (χ4n) is 3.41. The van der Waals surface area contributed by atoms with Crippen LogP contribution in [-0.4, -0.2) is 38.2 Å². The number of methoxy groups -OCH3 is 1. The lowest BCUT2D eigenvalue weighted by Gasteiger charge is -2.26. The highest BCUT2D eigenvalue weighted by Gasteiger charge is 2.27. The Labute approximate surface area is 155 Å². The summed E-state index contributed by atoms with van der Waals surface area (Å²) in [5.74, 6) is -0.00485. The molecule has 1 amide bonds. The number of nitrogens with one attached hydrogen (secondary N) is 1. The molecule has 1 aliphatic carbocycles. The smallest absolute Gasteiger partial charge is 0.310 e. The monoisotopic (exact) mass is 362 g/mol. The molecule has 1 saturated carbocycles. The molecular weight excluding hydrogens is 332 g/mol. The van der Waals surface area contributed by atoms with Crippen LogP contribution in [0.25, 0.3) is 0 Å². The molecule has 0 heterocycles. The minimum absolute atomic E-state index is 0.0132. The third-order valence-electron chi connectivity index (χ3n) is 4.86. The molecule has 0 aromatic heterocycles. The molecule has 6 nitrogen and oxygen atoms in total. The van der Waals surface area contributed by atoms with Gasteiger partial charge >= 0.3 is 5.97 Å². The van der Waals surface area contributed by atoms with Gasteiger partial charge < -0.3 is 20.5 Å². The molecular formula is C20H30N2O4. The molecule has 0 bridgehead atoms. The average Bonchev–Trinajstić information content (AvgIpc) is 2.65. The second-order valence-corrected chi connectivity index (χ2v) is 6.87. The van der Waals surface area contributed by atoms with Crippen LogP contribution in [0.15, 0.2) is 24.3 Å². The first kappa shape index (κ1) is 20.2. The van der Waals surface area contributed by atoms with Gasteiger partial charge in [0.2, 0.25) is 5.91 Å². The van der Waals surface area contributed by atoms with E-state index in [9.17, 15) is 9.59 Å². The van der Waals surface area contributed by atoms with Crippen molar-refractivity contribution in [3.8, 4) is 5.75 Å². The van der Waals surface area contributed by atoms with Gasteiger partial charge in [0.05, 0.1) is 19.6 Å². The minimum Gasteiger partial charge on any atom is -0.494 e. The minimum atomic E-state index is -0.417. The van der Waals surface area contributed by atoms with Crippen LogP contribution in [-0.2, 0) is 20.7 Å². The van der Waals surface area contributed by atoms with Gasteiger partial charge in [-0.25, -0.2) is 0 Å². The van der Waals surface area contributed by atoms with Crippen molar-refractivity contribution >= 4 is 11.9 Å². The molecule has 1 aliphatic rings. The summed E-state index contributed by atoms with van der Waals surface area (Å²) in [6, 6.07) is 7.73. The number of rotatable bonds is 8. The number of esters is 1. The van der Waals surface area contributed by atoms with E-state index in [-0.39, 0.29) is 30.4 Å². The molecule has 144 valence electrons. The van der Waals surface area contributed by atoms with Crippen molar-refractivity contribution in [3.05, 3.63) is 29.8 Å².